The first-order chi connectivity index (χ1) is 38.8. The van der Waals surface area contributed by atoms with E-state index in [2.05, 4.69) is 22.1 Å². The first-order valence-electron chi connectivity index (χ1n) is 26.9. The molecule has 0 aromatic heterocycles. The van der Waals surface area contributed by atoms with Crippen LogP contribution in [-0.4, -0.2) is 116 Å². The van der Waals surface area contributed by atoms with Gasteiger partial charge in [0.05, 0.1) is 58.2 Å². The van der Waals surface area contributed by atoms with Gasteiger partial charge in [0, 0.05) is 25.2 Å². The monoisotopic (exact) mass is 1080 g/mol. The lowest BCUT2D eigenvalue weighted by molar-refractivity contribution is -0.179. The number of amides is 4. The molecule has 2 saturated heterocycles. The van der Waals surface area contributed by atoms with Crippen molar-refractivity contribution >= 4 is 35.5 Å². The summed E-state index contributed by atoms with van der Waals surface area (Å²) in [5.41, 5.74) is 3.56. The minimum absolute atomic E-state index is 0.0144. The fraction of sp³-hybridized carbons (Fsp3) is 0.328. The maximum atomic E-state index is 17.1. The summed E-state index contributed by atoms with van der Waals surface area (Å²) in [4.78, 5) is 85.2. The average molecular weight is 1080 g/mol. The van der Waals surface area contributed by atoms with Gasteiger partial charge in [-0.1, -0.05) is 129 Å². The van der Waals surface area contributed by atoms with E-state index in [9.17, 15) is 9.90 Å². The Morgan fingerprint density at radius 2 is 1.45 bits per heavy atom. The maximum absolute atomic E-state index is 17.1. The number of carbonyl (C=O) groups excluding carboxylic acids is 5. The Bertz CT molecular complexity index is 3330. The third-order valence-corrected chi connectivity index (χ3v) is 15.8. The van der Waals surface area contributed by atoms with Gasteiger partial charge in [0.1, 0.15) is 36.0 Å². The van der Waals surface area contributed by atoms with Crippen molar-refractivity contribution in [2.75, 3.05) is 59.6 Å². The molecule has 6 aromatic carbocycles. The molecule has 80 heavy (non-hydrogen) atoms. The fourth-order valence-electron chi connectivity index (χ4n) is 12.2. The molecule has 1 spiro atoms. The van der Waals surface area contributed by atoms with Crippen molar-refractivity contribution in [1.29, 1.82) is 0 Å². The summed E-state index contributed by atoms with van der Waals surface area (Å²) in [6.07, 6.45) is -0.553. The predicted molar refractivity (Wildman–Crippen MR) is 298 cm³/mol. The number of fused-ring (bicyclic) bond motifs is 4. The highest BCUT2D eigenvalue weighted by molar-refractivity contribution is 6.25. The molecule has 4 aliphatic heterocycles. The second kappa shape index (κ2) is 23.5. The van der Waals surface area contributed by atoms with Gasteiger partial charge in [0.2, 0.25) is 11.8 Å². The van der Waals surface area contributed by atoms with Gasteiger partial charge in [0.25, 0.3) is 0 Å². The molecular weight excluding hydrogens is 1010 g/mol. The number of rotatable bonds is 15. The minimum atomic E-state index is -2.11. The van der Waals surface area contributed by atoms with E-state index >= 15 is 19.2 Å². The maximum Gasteiger partial charge on any atom is 0.329 e. The van der Waals surface area contributed by atoms with Crippen LogP contribution in [0.2, 0.25) is 0 Å². The molecule has 6 aromatic rings. The molecule has 2 N–H and O–H groups in total. The van der Waals surface area contributed by atoms with Crippen molar-refractivity contribution in [2.24, 2.45) is 11.8 Å². The molecule has 10 rings (SSSR count). The van der Waals surface area contributed by atoms with Crippen molar-refractivity contribution in [3.05, 3.63) is 190 Å². The topological polar surface area (TPSA) is 177 Å². The van der Waals surface area contributed by atoms with Gasteiger partial charge in [-0.3, -0.25) is 24.2 Å². The molecule has 16 heteroatoms. The number of aliphatic hydroxyl groups excluding tert-OH is 1. The summed E-state index contributed by atoms with van der Waals surface area (Å²) in [5, 5.41) is 12.6. The van der Waals surface area contributed by atoms with Crippen molar-refractivity contribution in [2.45, 2.75) is 69.0 Å². The smallest absolute Gasteiger partial charge is 0.329 e. The number of morpholine rings is 1. The number of nitrogens with zero attached hydrogens (tertiary/aromatic N) is 4. The van der Waals surface area contributed by atoms with Crippen LogP contribution in [0.15, 0.2) is 146 Å². The van der Waals surface area contributed by atoms with Crippen molar-refractivity contribution in [1.82, 2.24) is 20.0 Å². The Hall–Kier alpha value is -8.49. The van der Waals surface area contributed by atoms with Crippen LogP contribution in [0.5, 0.6) is 17.2 Å². The number of benzene rings is 6. The summed E-state index contributed by atoms with van der Waals surface area (Å²) >= 11 is 0. The molecule has 7 atom stereocenters. The van der Waals surface area contributed by atoms with Crippen molar-refractivity contribution in [3.63, 3.8) is 0 Å². The number of esters is 2. The SMILES string of the molecule is COC(=O)[C@@H](NC(=O)N1C(=O)[C@@]2(c3cc(C#CCN(C)Cc4ccccc4)ccc31)[C@H](C(=O)N1CCc3cc(OC)c(OC)cc3C1)[C@H]1C(=O)O[C@H](c3ccccc3)[C@H](c3ccccc3)N1[C@@H]2c1ccc(OCCO)cc1)C(C)C. The van der Waals surface area contributed by atoms with E-state index in [4.69, 9.17) is 23.7 Å². The molecule has 4 heterocycles. The van der Waals surface area contributed by atoms with Crippen LogP contribution in [0.25, 0.3) is 0 Å². The summed E-state index contributed by atoms with van der Waals surface area (Å²) in [6, 6.07) is 39.3. The van der Waals surface area contributed by atoms with Crippen LogP contribution in [-0.2, 0) is 53.6 Å². The number of hydrogen-bond donors (Lipinski definition) is 2. The van der Waals surface area contributed by atoms with Gasteiger partial charge in [-0.2, -0.15) is 0 Å². The standard InChI is InChI=1S/C64H65N5O11/c1-40(2)54(60(72)78-6)65-63(75)68-50-29-24-41(19-16-31-66(3)38-42-17-10-7-11-18-42)35-49(50)64(62(68)74)53(59(71)67-32-30-46-36-51(76-4)52(77-5)37-47(46)39-67)56-61(73)80-57(44-22-14-9-15-23-44)55(43-20-12-8-13-21-43)69(56)58(64)45-25-27-48(28-26-45)79-34-33-70/h7-15,17-18,20-29,35-37,40,53-58,70H,30-34,38-39H2,1-6H3,(H,65,75)/t53-,54-,55-,56-,57+,58+,64-/m0/s1. The number of imide groups is 1. The number of hydrogen-bond acceptors (Lipinski definition) is 13. The molecule has 4 aliphatic rings. The van der Waals surface area contributed by atoms with E-state index in [1.54, 1.807) is 75.4 Å². The molecule has 0 unspecified atom stereocenters. The molecule has 4 amide bonds. The Morgan fingerprint density at radius 3 is 2.09 bits per heavy atom. The van der Waals surface area contributed by atoms with Gasteiger partial charge in [-0.25, -0.2) is 14.5 Å². The van der Waals surface area contributed by atoms with E-state index in [0.717, 1.165) is 27.2 Å². The lowest BCUT2D eigenvalue weighted by Crippen LogP contribution is -2.58. The highest BCUT2D eigenvalue weighted by Gasteiger charge is 2.76. The lowest BCUT2D eigenvalue weighted by Gasteiger charge is -2.46. The zero-order valence-electron chi connectivity index (χ0n) is 45.7. The highest BCUT2D eigenvalue weighted by atomic mass is 16.6. The zero-order chi connectivity index (χ0) is 56.2. The van der Waals surface area contributed by atoms with E-state index in [1.165, 1.54) is 7.11 Å². The summed E-state index contributed by atoms with van der Waals surface area (Å²) < 4.78 is 29.2. The molecule has 412 valence electrons. The van der Waals surface area contributed by atoms with Gasteiger partial charge in [0.15, 0.2) is 11.5 Å². The molecule has 0 bridgehead atoms. The largest absolute Gasteiger partial charge is 0.493 e. The van der Waals surface area contributed by atoms with Gasteiger partial charge in [-0.15, -0.1) is 0 Å². The number of urea groups is 1. The number of methoxy groups -OCH3 is 3. The summed E-state index contributed by atoms with van der Waals surface area (Å²) in [5.74, 6) is 3.27. The van der Waals surface area contributed by atoms with Crippen molar-refractivity contribution in [3.8, 4) is 29.1 Å². The Morgan fingerprint density at radius 1 is 0.800 bits per heavy atom. The van der Waals surface area contributed by atoms with Crippen LogP contribution >= 0.6 is 0 Å². The Labute approximate surface area is 466 Å². The minimum Gasteiger partial charge on any atom is -0.493 e. The number of carbonyl (C=O) groups is 5. The number of aliphatic hydroxyl groups is 1. The molecule has 2 fully saturated rings. The van der Waals surface area contributed by atoms with Crippen molar-refractivity contribution < 1.29 is 52.8 Å². The Balaban J connectivity index is 1.24. The number of ether oxygens (including phenoxy) is 5. The van der Waals surface area contributed by atoms with Crippen LogP contribution in [0.4, 0.5) is 10.5 Å². The van der Waals surface area contributed by atoms with Crippen LogP contribution < -0.4 is 24.4 Å². The normalized spacial score (nSPS) is 21.4. The van der Waals surface area contributed by atoms with Gasteiger partial charge < -0.3 is 39.0 Å². The van der Waals surface area contributed by atoms with E-state index in [0.29, 0.717) is 53.4 Å². The number of anilines is 1. The number of cyclic esters (lactones) is 1. The molecule has 0 aliphatic carbocycles. The van der Waals surface area contributed by atoms with E-state index in [-0.39, 0.29) is 37.6 Å². The Kier molecular flexibility index (Phi) is 16.1. The van der Waals surface area contributed by atoms with E-state index in [1.807, 2.05) is 115 Å². The predicted octanol–water partition coefficient (Wildman–Crippen LogP) is 7.72. The third kappa shape index (κ3) is 10.1. The second-order valence-corrected chi connectivity index (χ2v) is 20.9. The molecule has 16 nitrogen and oxygen atoms in total. The van der Waals surface area contributed by atoms with Crippen LogP contribution in [0, 0.1) is 23.7 Å². The molecule has 0 radical (unpaired) electrons. The number of nitrogens with one attached hydrogen (secondary N) is 1. The molecular formula is C64H65N5O11. The lowest BCUT2D eigenvalue weighted by atomic mass is 9.64. The summed E-state index contributed by atoms with van der Waals surface area (Å²) in [6.45, 7) is 4.58. The third-order valence-electron chi connectivity index (χ3n) is 15.8. The second-order valence-electron chi connectivity index (χ2n) is 20.9. The highest BCUT2D eigenvalue weighted by Crippen LogP contribution is 2.66. The van der Waals surface area contributed by atoms with Crippen LogP contribution in [0.1, 0.15) is 76.5 Å². The first-order valence-corrected chi connectivity index (χ1v) is 26.9. The summed E-state index contributed by atoms with van der Waals surface area (Å²) in [7, 11) is 6.30. The van der Waals surface area contributed by atoms with Gasteiger partial charge >= 0.3 is 18.0 Å². The zero-order valence-corrected chi connectivity index (χ0v) is 45.7. The quantitative estimate of drug-likeness (QED) is 0.0756. The first kappa shape index (κ1) is 54.8. The molecule has 0 saturated carbocycles. The fourth-order valence-corrected chi connectivity index (χ4v) is 12.2. The van der Waals surface area contributed by atoms with Gasteiger partial charge in [-0.05, 0) is 101 Å². The average Bonchev–Trinajstić information content (AvgIpc) is 1.81. The van der Waals surface area contributed by atoms with Crippen LogP contribution in [0.3, 0.4) is 0 Å². The van der Waals surface area contributed by atoms with E-state index < -0.39 is 77.3 Å².